The van der Waals surface area contributed by atoms with Gasteiger partial charge in [0.25, 0.3) is 5.91 Å². The van der Waals surface area contributed by atoms with Crippen molar-refractivity contribution in [3.05, 3.63) is 89.5 Å². The standard InChI is InChI=1S/C30H33N5O3/c1-18-15-25(19(2)34-18)24-12-7-20(30(3,4)5)16-27(24)35(29(31)37)21-8-10-22(11-9-21)38-23-13-14-33-26(17-23)28(36)32-6/h7-17,34H,1-6H3,(H2,31,37)(H,32,36). The Morgan fingerprint density at radius 3 is 2.24 bits per heavy atom. The van der Waals surface area contributed by atoms with Crippen LogP contribution in [0.1, 0.15) is 48.2 Å². The van der Waals surface area contributed by atoms with Crippen LogP contribution in [0.2, 0.25) is 0 Å². The molecule has 0 bridgehead atoms. The number of ether oxygens (including phenoxy) is 1. The maximum absolute atomic E-state index is 12.9. The predicted octanol–water partition coefficient (Wildman–Crippen LogP) is 6.36. The Morgan fingerprint density at radius 2 is 1.66 bits per heavy atom. The second kappa shape index (κ2) is 10.4. The maximum atomic E-state index is 12.9. The number of nitrogens with two attached hydrogens (primary N) is 1. The lowest BCUT2D eigenvalue weighted by Gasteiger charge is -2.27. The van der Waals surface area contributed by atoms with Crippen LogP contribution in [0.15, 0.2) is 66.9 Å². The molecule has 0 radical (unpaired) electrons. The van der Waals surface area contributed by atoms with Crippen molar-refractivity contribution in [3.8, 4) is 22.6 Å². The van der Waals surface area contributed by atoms with Crippen LogP contribution in [0, 0.1) is 13.8 Å². The highest BCUT2D eigenvalue weighted by Crippen LogP contribution is 2.40. The van der Waals surface area contributed by atoms with Gasteiger partial charge in [-0.05, 0) is 67.3 Å². The van der Waals surface area contributed by atoms with Crippen LogP contribution >= 0.6 is 0 Å². The van der Waals surface area contributed by atoms with Crippen molar-refractivity contribution in [2.24, 2.45) is 5.73 Å². The lowest BCUT2D eigenvalue weighted by Crippen LogP contribution is -2.32. The molecule has 4 N–H and O–H groups in total. The summed E-state index contributed by atoms with van der Waals surface area (Å²) < 4.78 is 5.93. The molecule has 38 heavy (non-hydrogen) atoms. The molecule has 0 spiro atoms. The first-order chi connectivity index (χ1) is 18.0. The first-order valence-electron chi connectivity index (χ1n) is 12.3. The quantitative estimate of drug-likeness (QED) is 0.279. The van der Waals surface area contributed by atoms with Crippen LogP contribution in [0.4, 0.5) is 16.2 Å². The third-order valence-electron chi connectivity index (χ3n) is 6.29. The molecule has 0 aliphatic carbocycles. The number of rotatable bonds is 6. The Kier molecular flexibility index (Phi) is 7.26. The number of anilines is 2. The van der Waals surface area contributed by atoms with Crippen LogP contribution in [0.5, 0.6) is 11.5 Å². The van der Waals surface area contributed by atoms with Crippen LogP contribution in [-0.4, -0.2) is 29.0 Å². The van der Waals surface area contributed by atoms with Gasteiger partial charge in [0.05, 0.1) is 11.4 Å². The molecule has 8 nitrogen and oxygen atoms in total. The third-order valence-corrected chi connectivity index (χ3v) is 6.29. The molecule has 4 rings (SSSR count). The summed E-state index contributed by atoms with van der Waals surface area (Å²) in [6.07, 6.45) is 1.51. The number of aryl methyl sites for hydroxylation is 2. The van der Waals surface area contributed by atoms with Crippen molar-refractivity contribution >= 4 is 23.3 Å². The smallest absolute Gasteiger partial charge is 0.323 e. The number of nitrogens with one attached hydrogen (secondary N) is 2. The van der Waals surface area contributed by atoms with E-state index in [0.29, 0.717) is 22.9 Å². The Morgan fingerprint density at radius 1 is 0.947 bits per heavy atom. The molecule has 0 aliphatic rings. The maximum Gasteiger partial charge on any atom is 0.323 e. The first-order valence-corrected chi connectivity index (χ1v) is 12.3. The fourth-order valence-electron chi connectivity index (χ4n) is 4.33. The van der Waals surface area contributed by atoms with Gasteiger partial charge in [0.2, 0.25) is 0 Å². The second-order valence-corrected chi connectivity index (χ2v) is 10.2. The lowest BCUT2D eigenvalue weighted by atomic mass is 9.85. The molecule has 8 heteroatoms. The normalized spacial score (nSPS) is 11.2. The Balaban J connectivity index is 1.74. The second-order valence-electron chi connectivity index (χ2n) is 10.2. The van der Waals surface area contributed by atoms with E-state index in [1.54, 1.807) is 43.4 Å². The van der Waals surface area contributed by atoms with Crippen molar-refractivity contribution in [1.82, 2.24) is 15.3 Å². The van der Waals surface area contributed by atoms with E-state index in [9.17, 15) is 9.59 Å². The van der Waals surface area contributed by atoms with Crippen LogP contribution in [0.25, 0.3) is 11.1 Å². The monoisotopic (exact) mass is 511 g/mol. The van der Waals surface area contributed by atoms with E-state index in [0.717, 1.165) is 28.1 Å². The van der Waals surface area contributed by atoms with E-state index in [-0.39, 0.29) is 17.0 Å². The van der Waals surface area contributed by atoms with Crippen molar-refractivity contribution in [3.63, 3.8) is 0 Å². The number of hydrogen-bond donors (Lipinski definition) is 3. The summed E-state index contributed by atoms with van der Waals surface area (Å²) in [7, 11) is 1.54. The van der Waals surface area contributed by atoms with Gasteiger partial charge < -0.3 is 20.8 Å². The highest BCUT2D eigenvalue weighted by molar-refractivity contribution is 6.03. The van der Waals surface area contributed by atoms with Crippen LogP contribution in [0.3, 0.4) is 0 Å². The summed E-state index contributed by atoms with van der Waals surface area (Å²) in [5.41, 5.74) is 12.4. The number of aromatic nitrogens is 2. The molecule has 4 aromatic rings. The minimum atomic E-state index is -0.597. The van der Waals surface area contributed by atoms with Crippen LogP contribution in [-0.2, 0) is 5.41 Å². The summed E-state index contributed by atoms with van der Waals surface area (Å²) in [4.78, 5) is 33.7. The minimum absolute atomic E-state index is 0.129. The Hall–Kier alpha value is -4.59. The Labute approximate surface area is 222 Å². The number of hydrogen-bond acceptors (Lipinski definition) is 4. The van der Waals surface area contributed by atoms with Crippen molar-refractivity contribution < 1.29 is 14.3 Å². The summed E-state index contributed by atoms with van der Waals surface area (Å²) in [6, 6.07) is 18.0. The first kappa shape index (κ1) is 26.5. The van der Waals surface area contributed by atoms with Crippen molar-refractivity contribution in [1.29, 1.82) is 0 Å². The molecule has 0 saturated carbocycles. The van der Waals surface area contributed by atoms with Gasteiger partial charge in [-0.2, -0.15) is 0 Å². The zero-order valence-corrected chi connectivity index (χ0v) is 22.5. The van der Waals surface area contributed by atoms with Gasteiger partial charge in [-0.15, -0.1) is 0 Å². The van der Waals surface area contributed by atoms with E-state index in [4.69, 9.17) is 10.5 Å². The predicted molar refractivity (Wildman–Crippen MR) is 150 cm³/mol. The van der Waals surface area contributed by atoms with E-state index in [1.807, 2.05) is 26.0 Å². The summed E-state index contributed by atoms with van der Waals surface area (Å²) in [6.45, 7) is 10.4. The molecule has 2 heterocycles. The van der Waals surface area contributed by atoms with Gasteiger partial charge in [0.1, 0.15) is 17.2 Å². The van der Waals surface area contributed by atoms with Crippen LogP contribution < -0.4 is 20.7 Å². The number of urea groups is 1. The fraction of sp³-hybridized carbons (Fsp3) is 0.233. The van der Waals surface area contributed by atoms with Gasteiger partial charge in [0, 0.05) is 41.8 Å². The number of carbonyl (C=O) groups excluding carboxylic acids is 2. The molecule has 2 aromatic carbocycles. The highest BCUT2D eigenvalue weighted by Gasteiger charge is 2.24. The number of carbonyl (C=O) groups is 2. The molecule has 0 unspecified atom stereocenters. The number of pyridine rings is 1. The molecular formula is C30H33N5O3. The molecule has 0 atom stereocenters. The molecule has 0 fully saturated rings. The zero-order chi connectivity index (χ0) is 27.6. The number of H-pyrrole nitrogens is 1. The summed E-state index contributed by atoms with van der Waals surface area (Å²) in [5.74, 6) is 0.702. The number of amides is 3. The Bertz CT molecular complexity index is 1480. The summed E-state index contributed by atoms with van der Waals surface area (Å²) in [5, 5.41) is 2.54. The van der Waals surface area contributed by atoms with Gasteiger partial charge in [-0.3, -0.25) is 14.7 Å². The molecule has 0 saturated heterocycles. The minimum Gasteiger partial charge on any atom is -0.457 e. The van der Waals surface area contributed by atoms with Crippen molar-refractivity contribution in [2.75, 3.05) is 11.9 Å². The molecule has 2 aromatic heterocycles. The number of aromatic amines is 1. The summed E-state index contributed by atoms with van der Waals surface area (Å²) >= 11 is 0. The molecule has 3 amide bonds. The van der Waals surface area contributed by atoms with Crippen molar-refractivity contribution in [2.45, 2.75) is 40.0 Å². The molecule has 0 aliphatic heterocycles. The van der Waals surface area contributed by atoms with E-state index in [2.05, 4.69) is 48.2 Å². The van der Waals surface area contributed by atoms with Gasteiger partial charge in [-0.1, -0.05) is 32.9 Å². The third kappa shape index (κ3) is 5.54. The van der Waals surface area contributed by atoms with E-state index in [1.165, 1.54) is 11.1 Å². The van der Waals surface area contributed by atoms with E-state index >= 15 is 0 Å². The average Bonchev–Trinajstić information content (AvgIpc) is 3.21. The average molecular weight is 512 g/mol. The molecule has 196 valence electrons. The topological polar surface area (TPSA) is 113 Å². The van der Waals surface area contributed by atoms with Gasteiger partial charge in [-0.25, -0.2) is 4.79 Å². The zero-order valence-electron chi connectivity index (χ0n) is 22.5. The number of nitrogens with zero attached hydrogens (tertiary/aromatic N) is 2. The SMILES string of the molecule is CNC(=O)c1cc(Oc2ccc(N(C(N)=O)c3cc(C(C)(C)C)ccc3-c3cc(C)[nH]c3C)cc2)ccn1. The number of benzene rings is 2. The van der Waals surface area contributed by atoms with Gasteiger partial charge in [0.15, 0.2) is 0 Å². The lowest BCUT2D eigenvalue weighted by molar-refractivity contribution is 0.0957. The largest absolute Gasteiger partial charge is 0.457 e. The number of primary amides is 1. The fourth-order valence-corrected chi connectivity index (χ4v) is 4.33. The van der Waals surface area contributed by atoms with E-state index < -0.39 is 6.03 Å². The van der Waals surface area contributed by atoms with Gasteiger partial charge >= 0.3 is 6.03 Å². The molecular weight excluding hydrogens is 478 g/mol. The highest BCUT2D eigenvalue weighted by atomic mass is 16.5.